The molecule has 11 heteroatoms. The number of nitrogens with zero attached hydrogens (tertiary/aromatic N) is 2. The zero-order chi connectivity index (χ0) is 27.8. The van der Waals surface area contributed by atoms with Crippen molar-refractivity contribution in [1.82, 2.24) is 10.3 Å². The highest BCUT2D eigenvalue weighted by Crippen LogP contribution is 2.48. The minimum atomic E-state index is -2.87. The SMILES string of the molecule is CC(C)NC(=O)C1=C(F)CC(C(N)=O)(c2c(-c3cc(F)ccc3F)ccnc2C2CCC(F)(F)CC2)C=N1. The summed E-state index contributed by atoms with van der Waals surface area (Å²) in [5.74, 6) is -7.99. The van der Waals surface area contributed by atoms with Gasteiger partial charge in [-0.2, -0.15) is 0 Å². The molecule has 1 atom stereocenters. The summed E-state index contributed by atoms with van der Waals surface area (Å²) < 4.78 is 72.6. The van der Waals surface area contributed by atoms with Gasteiger partial charge in [0.2, 0.25) is 11.8 Å². The van der Waals surface area contributed by atoms with Crippen molar-refractivity contribution in [3.63, 3.8) is 0 Å². The van der Waals surface area contributed by atoms with E-state index >= 15 is 4.39 Å². The second-order valence-electron chi connectivity index (χ2n) is 10.0. The van der Waals surface area contributed by atoms with Crippen LogP contribution >= 0.6 is 0 Å². The molecular weight excluding hydrogens is 507 g/mol. The fourth-order valence-corrected chi connectivity index (χ4v) is 5.06. The van der Waals surface area contributed by atoms with Crippen molar-refractivity contribution in [1.29, 1.82) is 0 Å². The quantitative estimate of drug-likeness (QED) is 0.497. The van der Waals surface area contributed by atoms with Gasteiger partial charge in [-0.15, -0.1) is 0 Å². The van der Waals surface area contributed by atoms with Crippen LogP contribution < -0.4 is 11.1 Å². The molecule has 0 saturated heterocycles. The van der Waals surface area contributed by atoms with Crippen LogP contribution in [-0.2, 0) is 15.0 Å². The van der Waals surface area contributed by atoms with Gasteiger partial charge in [0.15, 0.2) is 5.70 Å². The highest BCUT2D eigenvalue weighted by molar-refractivity contribution is 6.09. The summed E-state index contributed by atoms with van der Waals surface area (Å²) in [5.41, 5.74) is 3.08. The minimum absolute atomic E-state index is 0.00235. The first-order valence-corrected chi connectivity index (χ1v) is 12.2. The lowest BCUT2D eigenvalue weighted by Crippen LogP contribution is -2.46. The predicted molar refractivity (Wildman–Crippen MR) is 131 cm³/mol. The second-order valence-corrected chi connectivity index (χ2v) is 10.0. The zero-order valence-electron chi connectivity index (χ0n) is 20.8. The number of alkyl halides is 2. The molecule has 202 valence electrons. The monoisotopic (exact) mass is 534 g/mol. The Balaban J connectivity index is 1.94. The molecule has 1 aromatic heterocycles. The third kappa shape index (κ3) is 5.19. The number of nitrogens with two attached hydrogens (primary N) is 1. The van der Waals surface area contributed by atoms with E-state index in [1.54, 1.807) is 13.8 Å². The summed E-state index contributed by atoms with van der Waals surface area (Å²) in [6.07, 6.45) is 0.687. The Morgan fingerprint density at radius 2 is 1.76 bits per heavy atom. The van der Waals surface area contributed by atoms with Gasteiger partial charge >= 0.3 is 0 Å². The summed E-state index contributed by atoms with van der Waals surface area (Å²) in [6, 6.07) is 3.73. The molecule has 6 nitrogen and oxygen atoms in total. The first kappa shape index (κ1) is 27.4. The van der Waals surface area contributed by atoms with E-state index in [1.165, 1.54) is 12.3 Å². The van der Waals surface area contributed by atoms with Gasteiger partial charge in [0.25, 0.3) is 5.91 Å². The van der Waals surface area contributed by atoms with Gasteiger partial charge < -0.3 is 11.1 Å². The van der Waals surface area contributed by atoms with Gasteiger partial charge in [0.1, 0.15) is 22.9 Å². The first-order valence-electron chi connectivity index (χ1n) is 12.2. The summed E-state index contributed by atoms with van der Waals surface area (Å²) in [6.45, 7) is 3.35. The number of nitrogens with one attached hydrogen (secondary N) is 1. The molecule has 0 bridgehead atoms. The summed E-state index contributed by atoms with van der Waals surface area (Å²) in [7, 11) is 0. The Morgan fingerprint density at radius 1 is 1.08 bits per heavy atom. The summed E-state index contributed by atoms with van der Waals surface area (Å²) in [5, 5.41) is 2.52. The van der Waals surface area contributed by atoms with Crippen molar-refractivity contribution in [3.8, 4) is 11.1 Å². The normalized spacial score (nSPS) is 21.6. The number of hydrogen-bond acceptors (Lipinski definition) is 4. The van der Waals surface area contributed by atoms with E-state index in [0.29, 0.717) is 0 Å². The van der Waals surface area contributed by atoms with Crippen molar-refractivity contribution < 1.29 is 31.5 Å². The standard InChI is InChI=1S/C27H27F5N4O2/c1-14(2)36-24(37)23-20(30)12-26(13-35-23,25(33)38)21-17(18-11-16(28)3-4-19(18)29)7-10-34-22(21)15-5-8-27(31,32)9-6-15/h3-4,7,10-11,13-15H,5-6,8-9,12H2,1-2H3,(H2,33,38)(H,36,37). The number of primary amides is 1. The number of allylic oxidation sites excluding steroid dienone is 1. The highest BCUT2D eigenvalue weighted by Gasteiger charge is 2.47. The molecule has 1 aromatic carbocycles. The number of aliphatic imine (C=N–C) groups is 1. The third-order valence-corrected chi connectivity index (χ3v) is 6.93. The molecule has 1 fully saturated rings. The van der Waals surface area contributed by atoms with E-state index in [4.69, 9.17) is 5.73 Å². The van der Waals surface area contributed by atoms with Gasteiger partial charge in [0, 0.05) is 60.5 Å². The lowest BCUT2D eigenvalue weighted by Gasteiger charge is -2.36. The van der Waals surface area contributed by atoms with Crippen molar-refractivity contribution in [2.45, 2.75) is 69.2 Å². The van der Waals surface area contributed by atoms with Crippen LogP contribution in [0.3, 0.4) is 0 Å². The minimum Gasteiger partial charge on any atom is -0.369 e. The number of carbonyl (C=O) groups is 2. The Labute approximate surface area is 216 Å². The number of amides is 2. The molecule has 1 aliphatic heterocycles. The molecule has 1 saturated carbocycles. The van der Waals surface area contributed by atoms with E-state index in [0.717, 1.165) is 24.4 Å². The third-order valence-electron chi connectivity index (χ3n) is 6.93. The van der Waals surface area contributed by atoms with Gasteiger partial charge in [-0.05, 0) is 56.5 Å². The van der Waals surface area contributed by atoms with Crippen molar-refractivity contribution in [3.05, 3.63) is 64.9 Å². The lowest BCUT2D eigenvalue weighted by atomic mass is 9.69. The maximum absolute atomic E-state index is 15.5. The molecule has 2 aliphatic rings. The van der Waals surface area contributed by atoms with E-state index in [-0.39, 0.29) is 41.3 Å². The van der Waals surface area contributed by atoms with Gasteiger partial charge in [0.05, 0.1) is 0 Å². The van der Waals surface area contributed by atoms with Gasteiger partial charge in [-0.3, -0.25) is 19.6 Å². The zero-order valence-corrected chi connectivity index (χ0v) is 20.8. The van der Waals surface area contributed by atoms with Crippen molar-refractivity contribution in [2.24, 2.45) is 10.7 Å². The number of carbonyl (C=O) groups excluding carboxylic acids is 2. The average Bonchev–Trinajstić information content (AvgIpc) is 2.84. The smallest absolute Gasteiger partial charge is 0.272 e. The topological polar surface area (TPSA) is 97.4 Å². The fraction of sp³-hybridized carbons (Fsp3) is 0.407. The van der Waals surface area contributed by atoms with Crippen molar-refractivity contribution in [2.75, 3.05) is 0 Å². The van der Waals surface area contributed by atoms with E-state index in [1.807, 2.05) is 0 Å². The van der Waals surface area contributed by atoms with Crippen LogP contribution in [-0.4, -0.2) is 35.0 Å². The molecule has 38 heavy (non-hydrogen) atoms. The largest absolute Gasteiger partial charge is 0.369 e. The Bertz CT molecular complexity index is 1330. The molecule has 2 amide bonds. The maximum atomic E-state index is 15.5. The average molecular weight is 535 g/mol. The van der Waals surface area contributed by atoms with Gasteiger partial charge in [-0.25, -0.2) is 22.0 Å². The van der Waals surface area contributed by atoms with Crippen LogP contribution in [0.4, 0.5) is 22.0 Å². The second kappa shape index (κ2) is 10.3. The lowest BCUT2D eigenvalue weighted by molar-refractivity contribution is -0.122. The van der Waals surface area contributed by atoms with Crippen LogP contribution in [0.5, 0.6) is 0 Å². The maximum Gasteiger partial charge on any atom is 0.272 e. The van der Waals surface area contributed by atoms with Crippen LogP contribution in [0.25, 0.3) is 11.1 Å². The number of aromatic nitrogens is 1. The highest BCUT2D eigenvalue weighted by atomic mass is 19.3. The first-order chi connectivity index (χ1) is 17.8. The Hall–Kier alpha value is -3.63. The molecule has 3 N–H and O–H groups in total. The molecular formula is C27H27F5N4O2. The van der Waals surface area contributed by atoms with Crippen LogP contribution in [0.15, 0.2) is 47.0 Å². The van der Waals surface area contributed by atoms with Crippen LogP contribution in [0, 0.1) is 11.6 Å². The number of hydrogen-bond donors (Lipinski definition) is 2. The molecule has 0 spiro atoms. The van der Waals surface area contributed by atoms with Crippen LogP contribution in [0.1, 0.15) is 63.1 Å². The van der Waals surface area contributed by atoms with E-state index in [9.17, 15) is 27.2 Å². The number of benzene rings is 1. The number of rotatable bonds is 6. The molecule has 2 heterocycles. The number of pyridine rings is 1. The van der Waals surface area contributed by atoms with Crippen molar-refractivity contribution >= 4 is 18.0 Å². The summed E-state index contributed by atoms with van der Waals surface area (Å²) >= 11 is 0. The molecule has 0 radical (unpaired) electrons. The van der Waals surface area contributed by atoms with Crippen LogP contribution in [0.2, 0.25) is 0 Å². The predicted octanol–water partition coefficient (Wildman–Crippen LogP) is 5.22. The Kier molecular flexibility index (Phi) is 7.40. The Morgan fingerprint density at radius 3 is 2.37 bits per heavy atom. The molecule has 1 unspecified atom stereocenters. The van der Waals surface area contributed by atoms with E-state index in [2.05, 4.69) is 15.3 Å². The molecule has 1 aliphatic carbocycles. The van der Waals surface area contributed by atoms with Gasteiger partial charge in [-0.1, -0.05) is 0 Å². The molecule has 2 aromatic rings. The fourth-order valence-electron chi connectivity index (χ4n) is 5.06. The number of halogens is 5. The van der Waals surface area contributed by atoms with E-state index < -0.39 is 71.5 Å². The molecule has 4 rings (SSSR count). The summed E-state index contributed by atoms with van der Waals surface area (Å²) in [4.78, 5) is 33.9.